The number of rotatable bonds is 4. The maximum atomic E-state index is 12.5. The number of hydrogen-bond acceptors (Lipinski definition) is 4. The average Bonchev–Trinajstić information content (AvgIpc) is 2.63. The van der Waals surface area contributed by atoms with Crippen molar-refractivity contribution in [3.63, 3.8) is 0 Å². The van der Waals surface area contributed by atoms with Gasteiger partial charge in [-0.2, -0.15) is 0 Å². The van der Waals surface area contributed by atoms with Crippen molar-refractivity contribution >= 4 is 9.84 Å². The maximum Gasteiger partial charge on any atom is 0.187 e. The van der Waals surface area contributed by atoms with Crippen LogP contribution in [0.25, 0.3) is 0 Å². The molecule has 1 aromatic carbocycles. The first kappa shape index (κ1) is 14.7. The molecular formula is C15H16O4S. The van der Waals surface area contributed by atoms with Crippen LogP contribution in [0.2, 0.25) is 0 Å². The molecule has 0 aliphatic carbocycles. The number of allylic oxidation sites excluding steroid dienone is 2. The van der Waals surface area contributed by atoms with Crippen molar-refractivity contribution in [1.29, 1.82) is 0 Å². The van der Waals surface area contributed by atoms with Gasteiger partial charge < -0.3 is 10.2 Å². The predicted molar refractivity (Wildman–Crippen MR) is 76.9 cm³/mol. The maximum absolute atomic E-state index is 12.5. The Kier molecular flexibility index (Phi) is 3.94. The molecule has 3 atom stereocenters. The zero-order valence-electron chi connectivity index (χ0n) is 10.8. The lowest BCUT2D eigenvalue weighted by atomic mass is 9.98. The zero-order valence-corrected chi connectivity index (χ0v) is 11.6. The Bertz CT molecular complexity index is 673. The average molecular weight is 292 g/mol. The highest BCUT2D eigenvalue weighted by Gasteiger charge is 2.48. The van der Waals surface area contributed by atoms with E-state index >= 15 is 0 Å². The Morgan fingerprint density at radius 3 is 2.50 bits per heavy atom. The summed E-state index contributed by atoms with van der Waals surface area (Å²) in [7, 11) is -3.79. The van der Waals surface area contributed by atoms with Gasteiger partial charge in [-0.1, -0.05) is 49.6 Å². The van der Waals surface area contributed by atoms with Crippen LogP contribution in [0.5, 0.6) is 0 Å². The standard InChI is InChI=1S/C15H16O4S/c1-3-7-10(4-2)13(16)15-14(17)11-8-5-6-9-12(11)20(15,18)19/h3-9,13-17H,1-2H2/b10-7+. The third-order valence-electron chi connectivity index (χ3n) is 3.41. The number of hydrogen-bond donors (Lipinski definition) is 2. The van der Waals surface area contributed by atoms with Gasteiger partial charge in [0, 0.05) is 5.56 Å². The molecule has 2 rings (SSSR count). The second-order valence-corrected chi connectivity index (χ2v) is 6.62. The predicted octanol–water partition coefficient (Wildman–Crippen LogP) is 1.54. The monoisotopic (exact) mass is 292 g/mol. The van der Waals surface area contributed by atoms with Gasteiger partial charge in [0.15, 0.2) is 9.84 Å². The summed E-state index contributed by atoms with van der Waals surface area (Å²) in [6.07, 6.45) is 1.64. The highest BCUT2D eigenvalue weighted by atomic mass is 32.2. The van der Waals surface area contributed by atoms with Crippen molar-refractivity contribution in [2.45, 2.75) is 22.4 Å². The molecule has 4 nitrogen and oxygen atoms in total. The lowest BCUT2D eigenvalue weighted by Gasteiger charge is -2.21. The minimum absolute atomic E-state index is 0.0681. The third-order valence-corrected chi connectivity index (χ3v) is 5.63. The lowest BCUT2D eigenvalue weighted by molar-refractivity contribution is 0.109. The summed E-state index contributed by atoms with van der Waals surface area (Å²) in [5.41, 5.74) is 0.624. The van der Waals surface area contributed by atoms with Crippen molar-refractivity contribution in [3.8, 4) is 0 Å². The van der Waals surface area contributed by atoms with E-state index in [1.807, 2.05) is 0 Å². The number of aliphatic hydroxyl groups excluding tert-OH is 2. The van der Waals surface area contributed by atoms with Gasteiger partial charge in [0.25, 0.3) is 0 Å². The van der Waals surface area contributed by atoms with Crippen LogP contribution >= 0.6 is 0 Å². The van der Waals surface area contributed by atoms with Crippen LogP contribution in [0, 0.1) is 0 Å². The van der Waals surface area contributed by atoms with Gasteiger partial charge in [0.05, 0.1) is 11.0 Å². The third kappa shape index (κ3) is 2.14. The normalized spacial score (nSPS) is 25.8. The fraction of sp³-hybridized carbons (Fsp3) is 0.200. The van der Waals surface area contributed by atoms with Crippen molar-refractivity contribution in [3.05, 3.63) is 66.8 Å². The highest BCUT2D eigenvalue weighted by molar-refractivity contribution is 7.92. The molecule has 0 fully saturated rings. The summed E-state index contributed by atoms with van der Waals surface area (Å²) in [6.45, 7) is 7.05. The lowest BCUT2D eigenvalue weighted by Crippen LogP contribution is -2.35. The second-order valence-electron chi connectivity index (χ2n) is 4.54. The van der Waals surface area contributed by atoms with Crippen molar-refractivity contribution in [1.82, 2.24) is 0 Å². The van der Waals surface area contributed by atoms with Gasteiger partial charge >= 0.3 is 0 Å². The molecule has 0 aromatic heterocycles. The first-order valence-corrected chi connectivity index (χ1v) is 7.63. The van der Waals surface area contributed by atoms with E-state index in [1.165, 1.54) is 24.3 Å². The van der Waals surface area contributed by atoms with Gasteiger partial charge in [-0.25, -0.2) is 8.42 Å². The molecule has 20 heavy (non-hydrogen) atoms. The number of benzene rings is 1. The molecule has 106 valence electrons. The first-order chi connectivity index (χ1) is 9.45. The summed E-state index contributed by atoms with van der Waals surface area (Å²) in [5, 5.41) is 19.2. The number of fused-ring (bicyclic) bond motifs is 1. The summed E-state index contributed by atoms with van der Waals surface area (Å²) < 4.78 is 24.9. The Balaban J connectivity index is 2.53. The van der Waals surface area contributed by atoms with Gasteiger partial charge in [-0.15, -0.1) is 0 Å². The number of sulfone groups is 1. The van der Waals surface area contributed by atoms with E-state index in [1.54, 1.807) is 18.2 Å². The Morgan fingerprint density at radius 2 is 1.95 bits per heavy atom. The van der Waals surface area contributed by atoms with Crippen LogP contribution in [-0.4, -0.2) is 30.0 Å². The van der Waals surface area contributed by atoms with E-state index in [9.17, 15) is 18.6 Å². The molecule has 0 saturated carbocycles. The molecule has 5 heteroatoms. The van der Waals surface area contributed by atoms with Crippen LogP contribution in [0.15, 0.2) is 66.1 Å². The molecule has 0 spiro atoms. The fourth-order valence-corrected chi connectivity index (χ4v) is 4.49. The van der Waals surface area contributed by atoms with Crippen LogP contribution in [0.4, 0.5) is 0 Å². The first-order valence-electron chi connectivity index (χ1n) is 6.09. The van der Waals surface area contributed by atoms with E-state index in [0.29, 0.717) is 11.1 Å². The van der Waals surface area contributed by atoms with Crippen molar-refractivity contribution in [2.24, 2.45) is 0 Å². The summed E-state index contributed by atoms with van der Waals surface area (Å²) >= 11 is 0. The molecule has 0 radical (unpaired) electrons. The van der Waals surface area contributed by atoms with Crippen molar-refractivity contribution < 1.29 is 18.6 Å². The van der Waals surface area contributed by atoms with Crippen LogP contribution in [-0.2, 0) is 9.84 Å². The Labute approximate surface area is 118 Å². The smallest absolute Gasteiger partial charge is 0.187 e. The highest BCUT2D eigenvalue weighted by Crippen LogP contribution is 2.41. The van der Waals surface area contributed by atoms with E-state index in [-0.39, 0.29) is 4.90 Å². The topological polar surface area (TPSA) is 74.6 Å². The van der Waals surface area contributed by atoms with Gasteiger partial charge in [-0.3, -0.25) is 0 Å². The van der Waals surface area contributed by atoms with E-state index in [2.05, 4.69) is 13.2 Å². The minimum Gasteiger partial charge on any atom is -0.387 e. The molecule has 1 aliphatic rings. The summed E-state index contributed by atoms with van der Waals surface area (Å²) in [4.78, 5) is 0.0681. The molecule has 0 saturated heterocycles. The van der Waals surface area contributed by atoms with Gasteiger partial charge in [0.2, 0.25) is 0 Å². The zero-order chi connectivity index (χ0) is 14.9. The van der Waals surface area contributed by atoms with E-state index < -0.39 is 27.3 Å². The molecule has 0 amide bonds. The Hall–Kier alpha value is -1.69. The van der Waals surface area contributed by atoms with Gasteiger partial charge in [0.1, 0.15) is 11.4 Å². The van der Waals surface area contributed by atoms with E-state index in [4.69, 9.17) is 0 Å². The fourth-order valence-electron chi connectivity index (χ4n) is 2.43. The van der Waals surface area contributed by atoms with Crippen LogP contribution in [0.1, 0.15) is 11.7 Å². The number of aliphatic hydroxyl groups is 2. The molecule has 1 aliphatic heterocycles. The quantitative estimate of drug-likeness (QED) is 0.825. The van der Waals surface area contributed by atoms with Gasteiger partial charge in [-0.05, 0) is 11.6 Å². The minimum atomic E-state index is -3.79. The summed E-state index contributed by atoms with van der Waals surface area (Å²) in [5.74, 6) is 0. The molecule has 0 bridgehead atoms. The summed E-state index contributed by atoms with van der Waals surface area (Å²) in [6, 6.07) is 6.23. The second kappa shape index (κ2) is 5.36. The van der Waals surface area contributed by atoms with Crippen LogP contribution < -0.4 is 0 Å². The molecule has 2 N–H and O–H groups in total. The van der Waals surface area contributed by atoms with E-state index in [0.717, 1.165) is 0 Å². The van der Waals surface area contributed by atoms with Crippen molar-refractivity contribution in [2.75, 3.05) is 0 Å². The molecule has 3 unspecified atom stereocenters. The Morgan fingerprint density at radius 1 is 1.30 bits per heavy atom. The largest absolute Gasteiger partial charge is 0.387 e. The molecule has 1 aromatic rings. The molecule has 1 heterocycles. The SMILES string of the molecule is C=C/C=C(\C=C)C(O)C1C(O)c2ccccc2S1(=O)=O. The molecular weight excluding hydrogens is 276 g/mol. The van der Waals surface area contributed by atoms with Crippen LogP contribution in [0.3, 0.4) is 0 Å².